The Kier molecular flexibility index (Phi) is 6.59. The summed E-state index contributed by atoms with van der Waals surface area (Å²) in [5.74, 6) is 1.28. The zero-order valence-corrected chi connectivity index (χ0v) is 18.5. The SMILES string of the molecule is COc1ccc(CC(=O)N2CCC(NC(=O)c3cccc4ccccc34)CC2)cc1OC. The number of hydrogen-bond acceptors (Lipinski definition) is 4. The van der Waals surface area contributed by atoms with Gasteiger partial charge in [0.15, 0.2) is 11.5 Å². The maximum atomic E-state index is 12.9. The first-order valence-corrected chi connectivity index (χ1v) is 10.9. The normalized spacial score (nSPS) is 14.2. The number of nitrogens with zero attached hydrogens (tertiary/aromatic N) is 1. The lowest BCUT2D eigenvalue weighted by Gasteiger charge is -2.32. The van der Waals surface area contributed by atoms with Gasteiger partial charge in [-0.2, -0.15) is 0 Å². The number of benzene rings is 3. The first-order valence-electron chi connectivity index (χ1n) is 10.9. The molecule has 0 aromatic heterocycles. The molecular formula is C26H28N2O4. The highest BCUT2D eigenvalue weighted by molar-refractivity contribution is 6.07. The molecule has 166 valence electrons. The van der Waals surface area contributed by atoms with Crippen molar-refractivity contribution < 1.29 is 19.1 Å². The van der Waals surface area contributed by atoms with Crippen molar-refractivity contribution in [2.45, 2.75) is 25.3 Å². The molecule has 1 saturated heterocycles. The number of nitrogens with one attached hydrogen (secondary N) is 1. The molecule has 1 aliphatic rings. The molecule has 32 heavy (non-hydrogen) atoms. The third-order valence-electron chi connectivity index (χ3n) is 6.02. The summed E-state index contributed by atoms with van der Waals surface area (Å²) >= 11 is 0. The Labute approximate surface area is 188 Å². The van der Waals surface area contributed by atoms with Crippen LogP contribution in [0.25, 0.3) is 10.8 Å². The number of likely N-dealkylation sites (tertiary alicyclic amines) is 1. The molecule has 3 aromatic carbocycles. The second-order valence-electron chi connectivity index (χ2n) is 8.02. The van der Waals surface area contributed by atoms with Crippen molar-refractivity contribution in [2.24, 2.45) is 0 Å². The van der Waals surface area contributed by atoms with E-state index in [0.717, 1.165) is 29.2 Å². The summed E-state index contributed by atoms with van der Waals surface area (Å²) in [6.45, 7) is 1.26. The van der Waals surface area contributed by atoms with Crippen molar-refractivity contribution in [1.29, 1.82) is 0 Å². The highest BCUT2D eigenvalue weighted by atomic mass is 16.5. The fourth-order valence-corrected chi connectivity index (χ4v) is 4.24. The van der Waals surface area contributed by atoms with Crippen molar-refractivity contribution in [3.05, 3.63) is 71.8 Å². The van der Waals surface area contributed by atoms with Gasteiger partial charge in [0.25, 0.3) is 5.91 Å². The average Bonchev–Trinajstić information content (AvgIpc) is 2.84. The summed E-state index contributed by atoms with van der Waals surface area (Å²) in [4.78, 5) is 27.5. The van der Waals surface area contributed by atoms with E-state index in [1.54, 1.807) is 14.2 Å². The fraction of sp³-hybridized carbons (Fsp3) is 0.308. The molecule has 0 aliphatic carbocycles. The molecular weight excluding hydrogens is 404 g/mol. The standard InChI is InChI=1S/C26H28N2O4/c1-31-23-11-10-18(16-24(23)32-2)17-25(29)28-14-12-20(13-15-28)27-26(30)22-9-5-7-19-6-3-4-8-21(19)22/h3-11,16,20H,12-15,17H2,1-2H3,(H,27,30). The molecule has 1 aliphatic heterocycles. The molecule has 1 heterocycles. The van der Waals surface area contributed by atoms with Crippen LogP contribution in [0.3, 0.4) is 0 Å². The summed E-state index contributed by atoms with van der Waals surface area (Å²) in [5, 5.41) is 5.16. The van der Waals surface area contributed by atoms with Crippen molar-refractivity contribution in [3.63, 3.8) is 0 Å². The third kappa shape index (κ3) is 4.69. The number of fused-ring (bicyclic) bond motifs is 1. The number of carbonyl (C=O) groups is 2. The van der Waals surface area contributed by atoms with Crippen LogP contribution < -0.4 is 14.8 Å². The van der Waals surface area contributed by atoms with Crippen molar-refractivity contribution in [2.75, 3.05) is 27.3 Å². The number of ether oxygens (including phenoxy) is 2. The Morgan fingerprint density at radius 2 is 1.66 bits per heavy atom. The molecule has 0 bridgehead atoms. The highest BCUT2D eigenvalue weighted by Gasteiger charge is 2.25. The van der Waals surface area contributed by atoms with Gasteiger partial charge in [-0.3, -0.25) is 9.59 Å². The van der Waals surface area contributed by atoms with Gasteiger partial charge in [0, 0.05) is 24.7 Å². The molecule has 6 heteroatoms. The Balaban J connectivity index is 1.33. The van der Waals surface area contributed by atoms with Crippen LogP contribution in [0.1, 0.15) is 28.8 Å². The number of piperidine rings is 1. The van der Waals surface area contributed by atoms with Gasteiger partial charge in [-0.05, 0) is 47.4 Å². The van der Waals surface area contributed by atoms with Crippen LogP contribution in [0.15, 0.2) is 60.7 Å². The number of methoxy groups -OCH3 is 2. The van der Waals surface area contributed by atoms with E-state index in [9.17, 15) is 9.59 Å². The molecule has 0 unspecified atom stereocenters. The summed E-state index contributed by atoms with van der Waals surface area (Å²) in [5.41, 5.74) is 1.58. The highest BCUT2D eigenvalue weighted by Crippen LogP contribution is 2.28. The zero-order chi connectivity index (χ0) is 22.5. The van der Waals surface area contributed by atoms with E-state index >= 15 is 0 Å². The predicted molar refractivity (Wildman–Crippen MR) is 124 cm³/mol. The smallest absolute Gasteiger partial charge is 0.252 e. The minimum Gasteiger partial charge on any atom is -0.493 e. The molecule has 0 saturated carbocycles. The molecule has 0 radical (unpaired) electrons. The van der Waals surface area contributed by atoms with Crippen LogP contribution >= 0.6 is 0 Å². The van der Waals surface area contributed by atoms with Crippen LogP contribution in [-0.4, -0.2) is 50.1 Å². The number of hydrogen-bond donors (Lipinski definition) is 1. The van der Waals surface area contributed by atoms with Crippen LogP contribution in [-0.2, 0) is 11.2 Å². The van der Waals surface area contributed by atoms with Gasteiger partial charge in [0.1, 0.15) is 0 Å². The van der Waals surface area contributed by atoms with E-state index < -0.39 is 0 Å². The topological polar surface area (TPSA) is 67.9 Å². The van der Waals surface area contributed by atoms with E-state index in [2.05, 4.69) is 5.32 Å². The van der Waals surface area contributed by atoms with E-state index in [1.165, 1.54) is 0 Å². The summed E-state index contributed by atoms with van der Waals surface area (Å²) in [7, 11) is 3.17. The summed E-state index contributed by atoms with van der Waals surface area (Å²) in [6.07, 6.45) is 1.80. The quantitative estimate of drug-likeness (QED) is 0.643. The van der Waals surface area contributed by atoms with E-state index in [0.29, 0.717) is 36.6 Å². The van der Waals surface area contributed by atoms with E-state index in [1.807, 2.05) is 65.6 Å². The Hall–Kier alpha value is -3.54. The first-order chi connectivity index (χ1) is 15.6. The summed E-state index contributed by atoms with van der Waals surface area (Å²) in [6, 6.07) is 19.3. The van der Waals surface area contributed by atoms with E-state index in [4.69, 9.17) is 9.47 Å². The van der Waals surface area contributed by atoms with Gasteiger partial charge in [0.05, 0.1) is 20.6 Å². The Morgan fingerprint density at radius 3 is 2.41 bits per heavy atom. The average molecular weight is 433 g/mol. The van der Waals surface area contributed by atoms with Crippen molar-refractivity contribution in [1.82, 2.24) is 10.2 Å². The molecule has 1 N–H and O–H groups in total. The molecule has 0 atom stereocenters. The van der Waals surface area contributed by atoms with Crippen molar-refractivity contribution in [3.8, 4) is 11.5 Å². The molecule has 1 fully saturated rings. The van der Waals surface area contributed by atoms with Crippen LogP contribution in [0.5, 0.6) is 11.5 Å². The minimum absolute atomic E-state index is 0.0584. The number of carbonyl (C=O) groups excluding carboxylic acids is 2. The van der Waals surface area contributed by atoms with Gasteiger partial charge in [-0.25, -0.2) is 0 Å². The first kappa shape index (κ1) is 21.7. The van der Waals surface area contributed by atoms with Gasteiger partial charge in [-0.15, -0.1) is 0 Å². The maximum absolute atomic E-state index is 12.9. The van der Waals surface area contributed by atoms with Crippen LogP contribution in [0.2, 0.25) is 0 Å². The molecule has 4 rings (SSSR count). The molecule has 3 aromatic rings. The van der Waals surface area contributed by atoms with Gasteiger partial charge in [0.2, 0.25) is 5.91 Å². The maximum Gasteiger partial charge on any atom is 0.252 e. The molecule has 2 amide bonds. The lowest BCUT2D eigenvalue weighted by molar-refractivity contribution is -0.131. The van der Waals surface area contributed by atoms with Crippen molar-refractivity contribution >= 4 is 22.6 Å². The monoisotopic (exact) mass is 432 g/mol. The van der Waals surface area contributed by atoms with Gasteiger partial charge in [-0.1, -0.05) is 42.5 Å². The van der Waals surface area contributed by atoms with Crippen LogP contribution in [0.4, 0.5) is 0 Å². The Morgan fingerprint density at radius 1 is 0.938 bits per heavy atom. The predicted octanol–water partition coefficient (Wildman–Crippen LogP) is 3.82. The Bertz CT molecular complexity index is 1110. The minimum atomic E-state index is -0.0584. The lowest BCUT2D eigenvalue weighted by atomic mass is 10.0. The summed E-state index contributed by atoms with van der Waals surface area (Å²) < 4.78 is 10.6. The van der Waals surface area contributed by atoms with Crippen LogP contribution in [0, 0.1) is 0 Å². The zero-order valence-electron chi connectivity index (χ0n) is 18.5. The van der Waals surface area contributed by atoms with Gasteiger partial charge >= 0.3 is 0 Å². The third-order valence-corrected chi connectivity index (χ3v) is 6.02. The second-order valence-corrected chi connectivity index (χ2v) is 8.02. The number of amides is 2. The molecule has 0 spiro atoms. The lowest BCUT2D eigenvalue weighted by Crippen LogP contribution is -2.47. The van der Waals surface area contributed by atoms with E-state index in [-0.39, 0.29) is 17.9 Å². The largest absolute Gasteiger partial charge is 0.493 e. The molecule has 6 nitrogen and oxygen atoms in total. The fourth-order valence-electron chi connectivity index (χ4n) is 4.24. The second kappa shape index (κ2) is 9.73. The van der Waals surface area contributed by atoms with Gasteiger partial charge < -0.3 is 19.7 Å². The number of rotatable bonds is 6.